The molecule has 0 atom stereocenters. The number of benzene rings is 2. The molecular weight excluding hydrogens is 320 g/mol. The molecule has 25 heavy (non-hydrogen) atoms. The van der Waals surface area contributed by atoms with Gasteiger partial charge in [0, 0.05) is 0 Å². The number of aliphatic carboxylic acids is 2. The molecule has 0 unspecified atom stereocenters. The summed E-state index contributed by atoms with van der Waals surface area (Å²) in [7, 11) is 0. The minimum atomic E-state index is -1.17. The van der Waals surface area contributed by atoms with E-state index in [1.165, 1.54) is 11.1 Å². The number of hydrogen-bond donors (Lipinski definition) is 2. The Morgan fingerprint density at radius 2 is 1.04 bits per heavy atom. The van der Waals surface area contributed by atoms with Crippen LogP contribution in [0, 0.1) is 0 Å². The Hall–Kier alpha value is -3.18. The monoisotopic (exact) mass is 340 g/mol. The molecule has 0 amide bonds. The number of rotatable bonds is 7. The first kappa shape index (κ1) is 19.9. The van der Waals surface area contributed by atoms with Gasteiger partial charge in [-0.2, -0.15) is 0 Å². The molecule has 0 spiro atoms. The predicted octanol–water partition coefficient (Wildman–Crippen LogP) is 3.64. The second-order valence-corrected chi connectivity index (χ2v) is 5.04. The second kappa shape index (κ2) is 10.6. The molecule has 0 saturated heterocycles. The summed E-state index contributed by atoms with van der Waals surface area (Å²) in [6.07, 6.45) is 0. The summed E-state index contributed by atoms with van der Waals surface area (Å²) in [5, 5.41) is 16.7. The van der Waals surface area contributed by atoms with Gasteiger partial charge in [-0.3, -0.25) is 0 Å². The van der Waals surface area contributed by atoms with Crippen molar-refractivity contribution < 1.29 is 24.5 Å². The molecule has 2 aromatic carbocycles. The van der Waals surface area contributed by atoms with Crippen molar-refractivity contribution in [3.63, 3.8) is 0 Å². The van der Waals surface area contributed by atoms with Crippen molar-refractivity contribution in [2.24, 2.45) is 0 Å². The van der Waals surface area contributed by atoms with Crippen LogP contribution >= 0.6 is 0 Å². The lowest BCUT2D eigenvalue weighted by Gasteiger charge is -2.02. The Labute approximate surface area is 146 Å². The number of ether oxygens (including phenoxy) is 1. The molecule has 0 aromatic heterocycles. The zero-order chi connectivity index (χ0) is 18.7. The molecule has 0 aliphatic carbocycles. The van der Waals surface area contributed by atoms with Gasteiger partial charge in [0.05, 0.1) is 24.4 Å². The maximum atomic E-state index is 10.2. The molecule has 0 bridgehead atoms. The smallest absolute Gasteiger partial charge is 0.333 e. The van der Waals surface area contributed by atoms with Crippen molar-refractivity contribution >= 4 is 11.9 Å². The fourth-order valence-corrected chi connectivity index (χ4v) is 1.68. The Morgan fingerprint density at radius 1 is 0.720 bits per heavy atom. The van der Waals surface area contributed by atoms with Gasteiger partial charge in [0.2, 0.25) is 0 Å². The predicted molar refractivity (Wildman–Crippen MR) is 96.2 cm³/mol. The van der Waals surface area contributed by atoms with E-state index in [1.54, 1.807) is 0 Å². The fraction of sp³-hybridized carbons (Fsp3) is 0.100. The third-order valence-electron chi connectivity index (χ3n) is 3.04. The molecule has 130 valence electrons. The molecular formula is C20H20O5. The Balaban J connectivity index is 0.000000250. The lowest BCUT2D eigenvalue weighted by Crippen LogP contribution is -2.11. The van der Waals surface area contributed by atoms with E-state index in [1.807, 2.05) is 12.1 Å². The zero-order valence-corrected chi connectivity index (χ0v) is 13.7. The van der Waals surface area contributed by atoms with Gasteiger partial charge in [-0.05, 0) is 11.1 Å². The number of carbonyl (C=O) groups is 2. The Kier molecular flexibility index (Phi) is 8.40. The van der Waals surface area contributed by atoms with E-state index in [0.717, 1.165) is 0 Å². The highest BCUT2D eigenvalue weighted by atomic mass is 16.5. The van der Waals surface area contributed by atoms with E-state index in [4.69, 9.17) is 14.9 Å². The summed E-state index contributed by atoms with van der Waals surface area (Å²) in [5.74, 6) is -2.33. The van der Waals surface area contributed by atoms with Crippen molar-refractivity contribution in [1.82, 2.24) is 0 Å². The standard InChI is InChI=1S/C12H10.C8H10O5/c1-3-7-11(8-4-1)12-9-5-2-6-10-12;1-5(7(9)10)3-13-4-6(2)8(11)12/h1-10H;1-4H2,(H,9,10)(H,11,12). The summed E-state index contributed by atoms with van der Waals surface area (Å²) in [6, 6.07) is 20.8. The first-order valence-corrected chi connectivity index (χ1v) is 7.42. The minimum Gasteiger partial charge on any atom is -0.478 e. The SMILES string of the molecule is C=C(COCC(=C)C(=O)O)C(=O)O.c1ccc(-c2ccccc2)cc1. The van der Waals surface area contributed by atoms with E-state index >= 15 is 0 Å². The largest absolute Gasteiger partial charge is 0.478 e. The van der Waals surface area contributed by atoms with Crippen LogP contribution in [0.25, 0.3) is 11.1 Å². The molecule has 2 N–H and O–H groups in total. The molecule has 0 radical (unpaired) electrons. The van der Waals surface area contributed by atoms with Gasteiger partial charge in [0.15, 0.2) is 0 Å². The molecule has 2 aromatic rings. The molecule has 2 rings (SSSR count). The van der Waals surface area contributed by atoms with Crippen LogP contribution < -0.4 is 0 Å². The summed E-state index contributed by atoms with van der Waals surface area (Å²) in [5.41, 5.74) is 2.30. The van der Waals surface area contributed by atoms with Crippen LogP contribution in [0.1, 0.15) is 0 Å². The van der Waals surface area contributed by atoms with E-state index < -0.39 is 11.9 Å². The van der Waals surface area contributed by atoms with Crippen LogP contribution in [-0.2, 0) is 14.3 Å². The molecule has 5 nitrogen and oxygen atoms in total. The van der Waals surface area contributed by atoms with Crippen LogP contribution in [0.3, 0.4) is 0 Å². The van der Waals surface area contributed by atoms with Crippen molar-refractivity contribution in [2.45, 2.75) is 0 Å². The second-order valence-electron chi connectivity index (χ2n) is 5.04. The molecule has 0 saturated carbocycles. The summed E-state index contributed by atoms with van der Waals surface area (Å²) in [4.78, 5) is 20.4. The average molecular weight is 340 g/mol. The third-order valence-corrected chi connectivity index (χ3v) is 3.04. The number of hydrogen-bond acceptors (Lipinski definition) is 3. The highest BCUT2D eigenvalue weighted by molar-refractivity contribution is 5.86. The molecule has 5 heteroatoms. The van der Waals surface area contributed by atoms with Crippen LogP contribution in [0.15, 0.2) is 85.0 Å². The van der Waals surface area contributed by atoms with Crippen molar-refractivity contribution in [3.05, 3.63) is 85.0 Å². The molecule has 0 heterocycles. The van der Waals surface area contributed by atoms with Crippen LogP contribution in [0.4, 0.5) is 0 Å². The summed E-state index contributed by atoms with van der Waals surface area (Å²) in [6.45, 7) is 5.98. The Bertz CT molecular complexity index is 657. The van der Waals surface area contributed by atoms with E-state index in [-0.39, 0.29) is 24.4 Å². The topological polar surface area (TPSA) is 83.8 Å². The number of carboxylic acid groups (broad SMARTS) is 2. The summed E-state index contributed by atoms with van der Waals surface area (Å²) >= 11 is 0. The quantitative estimate of drug-likeness (QED) is 0.752. The van der Waals surface area contributed by atoms with E-state index in [9.17, 15) is 9.59 Å². The van der Waals surface area contributed by atoms with Gasteiger partial charge in [-0.1, -0.05) is 73.8 Å². The Morgan fingerprint density at radius 3 is 1.32 bits per heavy atom. The lowest BCUT2D eigenvalue weighted by molar-refractivity contribution is -0.133. The van der Waals surface area contributed by atoms with E-state index in [0.29, 0.717) is 0 Å². The van der Waals surface area contributed by atoms with Crippen molar-refractivity contribution in [2.75, 3.05) is 13.2 Å². The van der Waals surface area contributed by atoms with Gasteiger partial charge in [0.25, 0.3) is 0 Å². The van der Waals surface area contributed by atoms with Gasteiger partial charge in [0.1, 0.15) is 0 Å². The van der Waals surface area contributed by atoms with Crippen LogP contribution in [-0.4, -0.2) is 35.4 Å². The third kappa shape index (κ3) is 7.76. The van der Waals surface area contributed by atoms with Gasteiger partial charge in [-0.15, -0.1) is 0 Å². The van der Waals surface area contributed by atoms with Gasteiger partial charge in [-0.25, -0.2) is 9.59 Å². The maximum Gasteiger partial charge on any atom is 0.333 e. The normalized spacial score (nSPS) is 9.44. The molecule has 0 fully saturated rings. The average Bonchev–Trinajstić information content (AvgIpc) is 2.63. The maximum absolute atomic E-state index is 10.2. The highest BCUT2D eigenvalue weighted by Crippen LogP contribution is 2.17. The lowest BCUT2D eigenvalue weighted by atomic mass is 10.1. The van der Waals surface area contributed by atoms with Gasteiger partial charge < -0.3 is 14.9 Å². The van der Waals surface area contributed by atoms with Crippen LogP contribution in [0.2, 0.25) is 0 Å². The minimum absolute atomic E-state index is 0.127. The molecule has 0 aliphatic rings. The van der Waals surface area contributed by atoms with Crippen molar-refractivity contribution in [1.29, 1.82) is 0 Å². The summed E-state index contributed by atoms with van der Waals surface area (Å²) < 4.78 is 4.72. The van der Waals surface area contributed by atoms with Gasteiger partial charge >= 0.3 is 11.9 Å². The zero-order valence-electron chi connectivity index (χ0n) is 13.7. The first-order valence-electron chi connectivity index (χ1n) is 7.42. The van der Waals surface area contributed by atoms with E-state index in [2.05, 4.69) is 61.7 Å². The molecule has 0 aliphatic heterocycles. The van der Waals surface area contributed by atoms with Crippen LogP contribution in [0.5, 0.6) is 0 Å². The first-order chi connectivity index (χ1) is 11.9. The number of carboxylic acids is 2. The highest BCUT2D eigenvalue weighted by Gasteiger charge is 2.06. The fourth-order valence-electron chi connectivity index (χ4n) is 1.68. The van der Waals surface area contributed by atoms with Crippen molar-refractivity contribution in [3.8, 4) is 11.1 Å².